The minimum absolute atomic E-state index is 0.260. The summed E-state index contributed by atoms with van der Waals surface area (Å²) in [6, 6.07) is 8.53. The predicted octanol–water partition coefficient (Wildman–Crippen LogP) is 2.12. The summed E-state index contributed by atoms with van der Waals surface area (Å²) in [5.74, 6) is 0.831. The minimum Gasteiger partial charge on any atom is -0.508 e. The summed E-state index contributed by atoms with van der Waals surface area (Å²) in [5, 5.41) is 18.4. The molecule has 0 saturated carbocycles. The highest BCUT2D eigenvalue weighted by Gasteiger charge is 2.00. The summed E-state index contributed by atoms with van der Waals surface area (Å²) in [6.45, 7) is 0. The summed E-state index contributed by atoms with van der Waals surface area (Å²) >= 11 is 1.55. The van der Waals surface area contributed by atoms with Crippen LogP contribution in [-0.4, -0.2) is 20.9 Å². The van der Waals surface area contributed by atoms with E-state index in [-0.39, 0.29) is 11.5 Å². The van der Waals surface area contributed by atoms with Crippen molar-refractivity contribution >= 4 is 11.8 Å². The van der Waals surface area contributed by atoms with Gasteiger partial charge in [0.2, 0.25) is 0 Å². The second kappa shape index (κ2) is 5.64. The Hall–Kier alpha value is -1.88. The maximum atomic E-state index is 11.0. The van der Waals surface area contributed by atoms with Crippen molar-refractivity contribution in [1.29, 1.82) is 0 Å². The van der Waals surface area contributed by atoms with Crippen LogP contribution in [-0.2, 0) is 6.42 Å². The van der Waals surface area contributed by atoms with Gasteiger partial charge >= 0.3 is 0 Å². The molecular formula is C13H13NO3S. The van der Waals surface area contributed by atoms with Gasteiger partial charge in [0.25, 0.3) is 5.56 Å². The Kier molecular flexibility index (Phi) is 3.94. The number of H-pyrrole nitrogens is 1. The molecule has 0 spiro atoms. The normalized spacial score (nSPS) is 10.4. The highest BCUT2D eigenvalue weighted by molar-refractivity contribution is 7.99. The molecule has 0 radical (unpaired) electrons. The Morgan fingerprint density at radius 3 is 2.56 bits per heavy atom. The number of hydrogen-bond acceptors (Lipinski definition) is 4. The van der Waals surface area contributed by atoms with Crippen LogP contribution in [0.25, 0.3) is 0 Å². The summed E-state index contributed by atoms with van der Waals surface area (Å²) < 4.78 is 0. The fraction of sp³-hybridized carbons (Fsp3) is 0.154. The molecule has 0 aliphatic carbocycles. The third-order valence-electron chi connectivity index (χ3n) is 2.45. The Morgan fingerprint density at radius 1 is 1.17 bits per heavy atom. The standard InChI is InChI=1S/C13H13NO3S/c15-10-3-1-9(2-4-10)5-6-18-11-7-12(16)13(17)14-8-11/h1-4,7-8,15-16H,5-6H2,(H,14,17). The molecule has 0 saturated heterocycles. The zero-order chi connectivity index (χ0) is 13.0. The molecule has 0 bridgehead atoms. The third-order valence-corrected chi connectivity index (χ3v) is 3.43. The van der Waals surface area contributed by atoms with Gasteiger partial charge in [0.1, 0.15) is 5.75 Å². The van der Waals surface area contributed by atoms with Gasteiger partial charge in [-0.25, -0.2) is 0 Å². The number of phenols is 1. The van der Waals surface area contributed by atoms with Crippen molar-refractivity contribution < 1.29 is 10.2 Å². The van der Waals surface area contributed by atoms with E-state index in [0.717, 1.165) is 22.6 Å². The van der Waals surface area contributed by atoms with E-state index in [2.05, 4.69) is 4.98 Å². The van der Waals surface area contributed by atoms with Gasteiger partial charge in [0.05, 0.1) is 0 Å². The first kappa shape index (κ1) is 12.6. The van der Waals surface area contributed by atoms with Crippen molar-refractivity contribution in [3.63, 3.8) is 0 Å². The fourth-order valence-corrected chi connectivity index (χ4v) is 2.40. The largest absolute Gasteiger partial charge is 0.508 e. The molecular weight excluding hydrogens is 250 g/mol. The number of nitrogens with one attached hydrogen (secondary N) is 1. The minimum atomic E-state index is -0.474. The number of phenolic OH excluding ortho intramolecular Hbond substituents is 1. The summed E-state index contributed by atoms with van der Waals surface area (Å²) in [6.07, 6.45) is 2.44. The molecule has 3 N–H and O–H groups in total. The summed E-state index contributed by atoms with van der Waals surface area (Å²) in [4.78, 5) is 14.2. The van der Waals surface area contributed by atoms with Gasteiger partial charge in [-0.1, -0.05) is 12.1 Å². The smallest absolute Gasteiger partial charge is 0.290 e. The predicted molar refractivity (Wildman–Crippen MR) is 71.3 cm³/mol. The number of thioether (sulfide) groups is 1. The first-order valence-corrected chi connectivity index (χ1v) is 6.46. The van der Waals surface area contributed by atoms with Crippen LogP contribution in [0.4, 0.5) is 0 Å². The van der Waals surface area contributed by atoms with Gasteiger partial charge < -0.3 is 15.2 Å². The quantitative estimate of drug-likeness (QED) is 0.739. The molecule has 2 aromatic rings. The summed E-state index contributed by atoms with van der Waals surface area (Å²) in [5.41, 5.74) is 0.659. The Morgan fingerprint density at radius 2 is 1.89 bits per heavy atom. The molecule has 4 nitrogen and oxygen atoms in total. The molecule has 0 unspecified atom stereocenters. The second-order valence-corrected chi connectivity index (χ2v) is 4.98. The van der Waals surface area contributed by atoms with Crippen LogP contribution in [0.2, 0.25) is 0 Å². The number of aromatic amines is 1. The van der Waals surface area contributed by atoms with Crippen molar-refractivity contribution in [2.24, 2.45) is 0 Å². The van der Waals surface area contributed by atoms with Gasteiger partial charge in [-0.15, -0.1) is 11.8 Å². The molecule has 18 heavy (non-hydrogen) atoms. The van der Waals surface area contributed by atoms with E-state index in [1.807, 2.05) is 12.1 Å². The average molecular weight is 263 g/mol. The monoisotopic (exact) mass is 263 g/mol. The Bertz CT molecular complexity index is 578. The van der Waals surface area contributed by atoms with Crippen molar-refractivity contribution in [2.75, 3.05) is 5.75 Å². The molecule has 94 valence electrons. The van der Waals surface area contributed by atoms with Gasteiger partial charge in [-0.05, 0) is 24.1 Å². The Balaban J connectivity index is 1.90. The molecule has 2 rings (SSSR count). The molecule has 1 heterocycles. The lowest BCUT2D eigenvalue weighted by molar-refractivity contribution is 0.464. The summed E-state index contributed by atoms with van der Waals surface area (Å²) in [7, 11) is 0. The lowest BCUT2D eigenvalue weighted by Gasteiger charge is -2.03. The van der Waals surface area contributed by atoms with E-state index in [1.165, 1.54) is 6.07 Å². The molecule has 0 atom stereocenters. The molecule has 5 heteroatoms. The average Bonchev–Trinajstić information content (AvgIpc) is 2.36. The zero-order valence-electron chi connectivity index (χ0n) is 9.59. The maximum absolute atomic E-state index is 11.0. The van der Waals surface area contributed by atoms with E-state index >= 15 is 0 Å². The Labute approximate surface area is 108 Å². The van der Waals surface area contributed by atoms with Crippen LogP contribution >= 0.6 is 11.8 Å². The van der Waals surface area contributed by atoms with Crippen LogP contribution < -0.4 is 5.56 Å². The molecule has 0 aliphatic heterocycles. The van der Waals surface area contributed by atoms with Crippen molar-refractivity contribution in [3.05, 3.63) is 52.4 Å². The third kappa shape index (κ3) is 3.30. The lowest BCUT2D eigenvalue weighted by atomic mass is 10.2. The van der Waals surface area contributed by atoms with E-state index in [1.54, 1.807) is 30.1 Å². The van der Waals surface area contributed by atoms with Crippen LogP contribution in [0.1, 0.15) is 5.56 Å². The van der Waals surface area contributed by atoms with Crippen LogP contribution in [0.3, 0.4) is 0 Å². The van der Waals surface area contributed by atoms with Crippen LogP contribution in [0.5, 0.6) is 11.5 Å². The zero-order valence-corrected chi connectivity index (χ0v) is 10.4. The number of benzene rings is 1. The fourth-order valence-electron chi connectivity index (χ4n) is 1.49. The number of hydrogen-bond donors (Lipinski definition) is 3. The number of aromatic nitrogens is 1. The van der Waals surface area contributed by atoms with Gasteiger partial charge in [0.15, 0.2) is 5.75 Å². The SMILES string of the molecule is O=c1[nH]cc(SCCc2ccc(O)cc2)cc1O. The molecule has 0 aliphatic rings. The number of rotatable bonds is 4. The van der Waals surface area contributed by atoms with E-state index in [0.29, 0.717) is 0 Å². The van der Waals surface area contributed by atoms with Crippen molar-refractivity contribution in [3.8, 4) is 11.5 Å². The van der Waals surface area contributed by atoms with E-state index in [9.17, 15) is 9.90 Å². The molecule has 1 aromatic carbocycles. The van der Waals surface area contributed by atoms with Gasteiger partial charge in [-0.3, -0.25) is 4.79 Å². The molecule has 0 fully saturated rings. The van der Waals surface area contributed by atoms with E-state index < -0.39 is 5.56 Å². The van der Waals surface area contributed by atoms with Crippen LogP contribution in [0, 0.1) is 0 Å². The number of pyridine rings is 1. The highest BCUT2D eigenvalue weighted by atomic mass is 32.2. The number of aryl methyl sites for hydroxylation is 1. The van der Waals surface area contributed by atoms with E-state index in [4.69, 9.17) is 5.11 Å². The van der Waals surface area contributed by atoms with Gasteiger partial charge in [-0.2, -0.15) is 0 Å². The molecule has 0 amide bonds. The van der Waals surface area contributed by atoms with Crippen molar-refractivity contribution in [2.45, 2.75) is 11.3 Å². The van der Waals surface area contributed by atoms with Crippen molar-refractivity contribution in [1.82, 2.24) is 4.98 Å². The lowest BCUT2D eigenvalue weighted by Crippen LogP contribution is -2.03. The highest BCUT2D eigenvalue weighted by Crippen LogP contribution is 2.20. The van der Waals surface area contributed by atoms with Crippen LogP contribution in [0.15, 0.2) is 46.2 Å². The maximum Gasteiger partial charge on any atom is 0.290 e. The first-order valence-electron chi connectivity index (χ1n) is 5.47. The molecule has 1 aromatic heterocycles. The topological polar surface area (TPSA) is 73.3 Å². The first-order chi connectivity index (χ1) is 8.65. The van der Waals surface area contributed by atoms with Gasteiger partial charge in [0, 0.05) is 22.9 Å². The number of aromatic hydroxyl groups is 2. The second-order valence-electron chi connectivity index (χ2n) is 3.81.